The van der Waals surface area contributed by atoms with E-state index in [1.165, 1.54) is 24.5 Å². The molecule has 0 bridgehead atoms. The number of carbonyl (C=O) groups excluding carboxylic acids is 2. The molecular weight excluding hydrogens is 258 g/mol. The van der Waals surface area contributed by atoms with Crippen LogP contribution in [-0.4, -0.2) is 23.1 Å². The molecular formula is C14H10N3O3-. The van der Waals surface area contributed by atoms with Crippen molar-refractivity contribution in [2.75, 3.05) is 0 Å². The fourth-order valence-corrected chi connectivity index (χ4v) is 1.43. The monoisotopic (exact) mass is 268 g/mol. The Kier molecular flexibility index (Phi) is 4.18. The molecule has 0 spiro atoms. The number of pyridine rings is 1. The lowest BCUT2D eigenvalue weighted by atomic mass is 10.1. The van der Waals surface area contributed by atoms with Gasteiger partial charge in [-0.2, -0.15) is 5.10 Å². The Labute approximate surface area is 114 Å². The maximum atomic E-state index is 11.6. The standard InChI is InChI=1S/C14H11N3O3/c18-13(12-2-1-7-15-9-12)17-16-8-10-3-5-11(6-4-10)14(19)20/h1-9H,(H,17,18)(H,19,20)/p-1/b16-8-. The molecule has 1 aromatic heterocycles. The minimum Gasteiger partial charge on any atom is -0.545 e. The summed E-state index contributed by atoms with van der Waals surface area (Å²) in [6.45, 7) is 0. The number of nitrogens with one attached hydrogen (secondary N) is 1. The molecule has 0 aliphatic rings. The maximum absolute atomic E-state index is 11.6. The van der Waals surface area contributed by atoms with Gasteiger partial charge in [-0.15, -0.1) is 0 Å². The molecule has 100 valence electrons. The van der Waals surface area contributed by atoms with Gasteiger partial charge in [0.05, 0.1) is 17.7 Å². The van der Waals surface area contributed by atoms with Crippen LogP contribution in [0.15, 0.2) is 53.9 Å². The SMILES string of the molecule is O=C([O-])c1ccc(/C=N\NC(=O)c2cccnc2)cc1. The summed E-state index contributed by atoms with van der Waals surface area (Å²) in [6, 6.07) is 9.19. The molecule has 0 saturated heterocycles. The Morgan fingerprint density at radius 1 is 1.15 bits per heavy atom. The second-order valence-corrected chi connectivity index (χ2v) is 3.85. The van der Waals surface area contributed by atoms with Gasteiger partial charge in [-0.25, -0.2) is 5.43 Å². The molecule has 1 amide bonds. The Bertz CT molecular complexity index is 636. The highest BCUT2D eigenvalue weighted by molar-refractivity contribution is 5.94. The van der Waals surface area contributed by atoms with Gasteiger partial charge < -0.3 is 9.90 Å². The van der Waals surface area contributed by atoms with Crippen molar-refractivity contribution in [1.82, 2.24) is 10.4 Å². The number of rotatable bonds is 4. The Hall–Kier alpha value is -3.02. The van der Waals surface area contributed by atoms with Crippen LogP contribution in [-0.2, 0) is 0 Å². The van der Waals surface area contributed by atoms with Crippen LogP contribution < -0.4 is 10.5 Å². The largest absolute Gasteiger partial charge is 0.545 e. The molecule has 1 heterocycles. The molecule has 20 heavy (non-hydrogen) atoms. The molecule has 6 heteroatoms. The van der Waals surface area contributed by atoms with Crippen LogP contribution >= 0.6 is 0 Å². The van der Waals surface area contributed by atoms with Gasteiger partial charge in [-0.3, -0.25) is 9.78 Å². The number of aromatic carboxylic acids is 1. The smallest absolute Gasteiger partial charge is 0.272 e. The predicted molar refractivity (Wildman–Crippen MR) is 70.1 cm³/mol. The summed E-state index contributed by atoms with van der Waals surface area (Å²) in [4.78, 5) is 26.0. The maximum Gasteiger partial charge on any atom is 0.272 e. The lowest BCUT2D eigenvalue weighted by molar-refractivity contribution is -0.255. The number of carboxylic acid groups (broad SMARTS) is 1. The minimum atomic E-state index is -1.24. The number of carboxylic acids is 1. The summed E-state index contributed by atoms with van der Waals surface area (Å²) in [7, 11) is 0. The molecule has 0 unspecified atom stereocenters. The number of amides is 1. The first-order valence-corrected chi connectivity index (χ1v) is 5.71. The molecule has 2 rings (SSSR count). The highest BCUT2D eigenvalue weighted by Crippen LogP contribution is 2.01. The number of hydrazone groups is 1. The first kappa shape index (κ1) is 13.4. The van der Waals surface area contributed by atoms with Crippen LogP contribution in [0.4, 0.5) is 0 Å². The second kappa shape index (κ2) is 6.24. The van der Waals surface area contributed by atoms with Crippen LogP contribution in [0.5, 0.6) is 0 Å². The molecule has 1 aromatic carbocycles. The molecule has 6 nitrogen and oxygen atoms in total. The summed E-state index contributed by atoms with van der Waals surface area (Å²) >= 11 is 0. The summed E-state index contributed by atoms with van der Waals surface area (Å²) in [5.41, 5.74) is 3.49. The number of benzene rings is 1. The van der Waals surface area contributed by atoms with Gasteiger partial charge in [-0.05, 0) is 23.3 Å². The zero-order valence-electron chi connectivity index (χ0n) is 10.3. The third-order valence-electron chi connectivity index (χ3n) is 2.45. The van der Waals surface area contributed by atoms with Gasteiger partial charge in [-0.1, -0.05) is 24.3 Å². The molecule has 0 fully saturated rings. The fraction of sp³-hybridized carbons (Fsp3) is 0. The number of nitrogens with zero attached hydrogens (tertiary/aromatic N) is 2. The predicted octanol–water partition coefficient (Wildman–Crippen LogP) is 0.209. The Morgan fingerprint density at radius 3 is 2.50 bits per heavy atom. The normalized spacial score (nSPS) is 10.4. The van der Waals surface area contributed by atoms with Crippen LogP contribution in [0.3, 0.4) is 0 Å². The van der Waals surface area contributed by atoms with Gasteiger partial charge in [0.1, 0.15) is 0 Å². The molecule has 0 aliphatic carbocycles. The summed E-state index contributed by atoms with van der Waals surface area (Å²) in [6.07, 6.45) is 4.41. The minimum absolute atomic E-state index is 0.0848. The van der Waals surface area contributed by atoms with E-state index in [0.717, 1.165) is 0 Å². The van der Waals surface area contributed by atoms with E-state index in [2.05, 4.69) is 15.5 Å². The van der Waals surface area contributed by atoms with Gasteiger partial charge in [0.25, 0.3) is 5.91 Å². The highest BCUT2D eigenvalue weighted by atomic mass is 16.4. The zero-order valence-corrected chi connectivity index (χ0v) is 10.3. The molecule has 0 radical (unpaired) electrons. The molecule has 0 atom stereocenters. The van der Waals surface area contributed by atoms with Crippen LogP contribution in [0.25, 0.3) is 0 Å². The zero-order chi connectivity index (χ0) is 14.4. The molecule has 0 aliphatic heterocycles. The number of hydrogen-bond acceptors (Lipinski definition) is 5. The average Bonchev–Trinajstić information content (AvgIpc) is 2.48. The fourth-order valence-electron chi connectivity index (χ4n) is 1.43. The van der Waals surface area contributed by atoms with Crippen molar-refractivity contribution in [2.24, 2.45) is 5.10 Å². The lowest BCUT2D eigenvalue weighted by Gasteiger charge is -2.01. The van der Waals surface area contributed by atoms with Crippen molar-refractivity contribution >= 4 is 18.1 Å². The molecule has 1 N–H and O–H groups in total. The van der Waals surface area contributed by atoms with Crippen molar-refractivity contribution in [1.29, 1.82) is 0 Å². The van der Waals surface area contributed by atoms with Crippen molar-refractivity contribution in [3.63, 3.8) is 0 Å². The average molecular weight is 268 g/mol. The summed E-state index contributed by atoms with van der Waals surface area (Å²) in [5.74, 6) is -1.61. The van der Waals surface area contributed by atoms with Gasteiger partial charge in [0.2, 0.25) is 0 Å². The lowest BCUT2D eigenvalue weighted by Crippen LogP contribution is -2.22. The first-order chi connectivity index (χ1) is 9.66. The topological polar surface area (TPSA) is 94.5 Å². The van der Waals surface area contributed by atoms with Crippen LogP contribution in [0.1, 0.15) is 26.3 Å². The van der Waals surface area contributed by atoms with Crippen molar-refractivity contribution < 1.29 is 14.7 Å². The van der Waals surface area contributed by atoms with E-state index in [1.54, 1.807) is 30.5 Å². The van der Waals surface area contributed by atoms with Crippen LogP contribution in [0, 0.1) is 0 Å². The number of aromatic nitrogens is 1. The van der Waals surface area contributed by atoms with E-state index < -0.39 is 5.97 Å². The first-order valence-electron chi connectivity index (χ1n) is 5.71. The third kappa shape index (κ3) is 3.49. The molecule has 2 aromatic rings. The van der Waals surface area contributed by atoms with E-state index in [0.29, 0.717) is 11.1 Å². The van der Waals surface area contributed by atoms with E-state index in [-0.39, 0.29) is 11.5 Å². The van der Waals surface area contributed by atoms with E-state index in [4.69, 9.17) is 0 Å². The van der Waals surface area contributed by atoms with Gasteiger partial charge >= 0.3 is 0 Å². The van der Waals surface area contributed by atoms with Crippen molar-refractivity contribution in [3.05, 3.63) is 65.5 Å². The van der Waals surface area contributed by atoms with Gasteiger partial charge in [0, 0.05) is 12.4 Å². The number of carbonyl (C=O) groups is 2. The second-order valence-electron chi connectivity index (χ2n) is 3.85. The van der Waals surface area contributed by atoms with E-state index in [1.807, 2.05) is 0 Å². The Balaban J connectivity index is 1.96. The molecule has 0 saturated carbocycles. The van der Waals surface area contributed by atoms with Crippen molar-refractivity contribution in [2.45, 2.75) is 0 Å². The summed E-state index contributed by atoms with van der Waals surface area (Å²) in [5, 5.41) is 14.3. The van der Waals surface area contributed by atoms with Crippen LogP contribution in [0.2, 0.25) is 0 Å². The van der Waals surface area contributed by atoms with E-state index in [9.17, 15) is 14.7 Å². The van der Waals surface area contributed by atoms with Gasteiger partial charge in [0.15, 0.2) is 0 Å². The van der Waals surface area contributed by atoms with Crippen molar-refractivity contribution in [3.8, 4) is 0 Å². The third-order valence-corrected chi connectivity index (χ3v) is 2.45. The highest BCUT2D eigenvalue weighted by Gasteiger charge is 2.02. The Morgan fingerprint density at radius 2 is 1.90 bits per heavy atom. The number of hydrogen-bond donors (Lipinski definition) is 1. The summed E-state index contributed by atoms with van der Waals surface area (Å²) < 4.78 is 0. The van der Waals surface area contributed by atoms with E-state index >= 15 is 0 Å². The quantitative estimate of drug-likeness (QED) is 0.633.